The van der Waals surface area contributed by atoms with E-state index in [2.05, 4.69) is 19.1 Å². The molecule has 3 atom stereocenters. The average Bonchev–Trinajstić information content (AvgIpc) is 2.97. The van der Waals surface area contributed by atoms with E-state index in [1.807, 2.05) is 0 Å². The Bertz CT molecular complexity index is 692. The van der Waals surface area contributed by atoms with Gasteiger partial charge in [-0.05, 0) is 38.5 Å². The second kappa shape index (κ2) is 26.5. The Hall–Kier alpha value is -1.89. The quantitative estimate of drug-likeness (QED) is 0.0467. The Morgan fingerprint density at radius 2 is 0.907 bits per heavy atom. The van der Waals surface area contributed by atoms with Gasteiger partial charge >= 0.3 is 11.9 Å². The molecule has 43 heavy (non-hydrogen) atoms. The molecule has 7 heteroatoms. The van der Waals surface area contributed by atoms with Crippen LogP contribution < -0.4 is 5.11 Å². The second-order valence-corrected chi connectivity index (χ2v) is 13.3. The molecule has 0 fully saturated rings. The maximum atomic E-state index is 11.5. The fourth-order valence-electron chi connectivity index (χ4n) is 5.66. The summed E-state index contributed by atoms with van der Waals surface area (Å²) in [6.45, 7) is 9.97. The number of hydrogen-bond acceptors (Lipinski definition) is 4. The fourth-order valence-corrected chi connectivity index (χ4v) is 5.66. The number of carbonyl (C=O) groups excluding carboxylic acids is 1. The molecular formula is C36H67NO6. The van der Waals surface area contributed by atoms with Crippen LogP contribution in [-0.4, -0.2) is 58.8 Å². The minimum Gasteiger partial charge on any atom is -0.550 e. The summed E-state index contributed by atoms with van der Waals surface area (Å²) in [5, 5.41) is 30.3. The van der Waals surface area contributed by atoms with E-state index in [4.69, 9.17) is 0 Å². The highest BCUT2D eigenvalue weighted by molar-refractivity contribution is 5.69. The maximum Gasteiger partial charge on any atom is 0.306 e. The molecule has 0 saturated carbocycles. The molecule has 7 nitrogen and oxygen atoms in total. The number of carboxylic acids is 3. The monoisotopic (exact) mass is 609 g/mol. The Morgan fingerprint density at radius 1 is 0.558 bits per heavy atom. The third-order valence-corrected chi connectivity index (χ3v) is 9.25. The Morgan fingerprint density at radius 3 is 1.28 bits per heavy atom. The second-order valence-electron chi connectivity index (χ2n) is 13.3. The number of carboxylic acid groups (broad SMARTS) is 3. The van der Waals surface area contributed by atoms with Crippen LogP contribution in [0.15, 0.2) is 12.2 Å². The van der Waals surface area contributed by atoms with Crippen molar-refractivity contribution in [3.8, 4) is 0 Å². The molecule has 0 saturated heterocycles. The zero-order valence-electron chi connectivity index (χ0n) is 28.3. The molecule has 2 N–H and O–H groups in total. The number of rotatable bonds is 31. The van der Waals surface area contributed by atoms with E-state index >= 15 is 0 Å². The average molecular weight is 610 g/mol. The minimum atomic E-state index is -1.07. The largest absolute Gasteiger partial charge is 0.550 e. The van der Waals surface area contributed by atoms with E-state index in [0.29, 0.717) is 43.4 Å². The van der Waals surface area contributed by atoms with Gasteiger partial charge in [0, 0.05) is 31.1 Å². The maximum absolute atomic E-state index is 11.5. The Kier molecular flexibility index (Phi) is 25.3. The van der Waals surface area contributed by atoms with Gasteiger partial charge in [0.1, 0.15) is 0 Å². The van der Waals surface area contributed by atoms with Crippen LogP contribution >= 0.6 is 0 Å². The van der Waals surface area contributed by atoms with Crippen LogP contribution in [0.5, 0.6) is 0 Å². The van der Waals surface area contributed by atoms with Gasteiger partial charge in [-0.3, -0.25) is 9.59 Å². The Balaban J connectivity index is 4.49. The van der Waals surface area contributed by atoms with Crippen molar-refractivity contribution >= 4 is 17.9 Å². The van der Waals surface area contributed by atoms with E-state index in [0.717, 1.165) is 32.2 Å². The van der Waals surface area contributed by atoms with Crippen LogP contribution in [-0.2, 0) is 14.4 Å². The normalized spacial score (nSPS) is 15.3. The van der Waals surface area contributed by atoms with Gasteiger partial charge in [0.15, 0.2) is 0 Å². The third-order valence-electron chi connectivity index (χ3n) is 9.25. The van der Waals surface area contributed by atoms with Crippen LogP contribution in [0.1, 0.15) is 156 Å². The first-order chi connectivity index (χ1) is 20.5. The van der Waals surface area contributed by atoms with Crippen LogP contribution in [0.3, 0.4) is 0 Å². The van der Waals surface area contributed by atoms with Gasteiger partial charge in [-0.1, -0.05) is 110 Å². The van der Waals surface area contributed by atoms with Gasteiger partial charge in [0.05, 0.1) is 38.0 Å². The van der Waals surface area contributed by atoms with Gasteiger partial charge in [0.25, 0.3) is 0 Å². The lowest BCUT2D eigenvalue weighted by molar-refractivity contribution is -0.929. The van der Waals surface area contributed by atoms with E-state index in [-0.39, 0.29) is 0 Å². The summed E-state index contributed by atoms with van der Waals surface area (Å²) in [5.41, 5.74) is 0. The van der Waals surface area contributed by atoms with Crippen molar-refractivity contribution in [2.24, 2.45) is 17.8 Å². The van der Waals surface area contributed by atoms with Crippen LogP contribution in [0.2, 0.25) is 0 Å². The first-order valence-corrected chi connectivity index (χ1v) is 17.7. The molecule has 0 bridgehead atoms. The summed E-state index contributed by atoms with van der Waals surface area (Å²) in [4.78, 5) is 34.4. The van der Waals surface area contributed by atoms with Crippen LogP contribution in [0, 0.1) is 17.8 Å². The first kappa shape index (κ1) is 41.1. The predicted molar refractivity (Wildman–Crippen MR) is 175 cm³/mol. The van der Waals surface area contributed by atoms with Crippen molar-refractivity contribution in [1.29, 1.82) is 0 Å². The summed E-state index contributed by atoms with van der Waals surface area (Å²) in [5.74, 6) is -4.32. The van der Waals surface area contributed by atoms with Gasteiger partial charge in [-0.15, -0.1) is 0 Å². The van der Waals surface area contributed by atoms with Crippen LogP contribution in [0.4, 0.5) is 0 Å². The lowest BCUT2D eigenvalue weighted by Crippen LogP contribution is -2.52. The highest BCUT2D eigenvalue weighted by Gasteiger charge is 2.30. The van der Waals surface area contributed by atoms with Crippen molar-refractivity contribution in [1.82, 2.24) is 0 Å². The van der Waals surface area contributed by atoms with E-state index in [1.165, 1.54) is 83.5 Å². The number of aliphatic carboxylic acids is 3. The third kappa shape index (κ3) is 23.2. The molecule has 0 aliphatic carbocycles. The van der Waals surface area contributed by atoms with Gasteiger partial charge in [-0.2, -0.15) is 0 Å². The number of nitrogens with zero attached hydrogens (tertiary/aromatic N) is 1. The molecule has 0 aromatic rings. The summed E-state index contributed by atoms with van der Waals surface area (Å²) < 4.78 is 0.580. The molecule has 0 aliphatic rings. The number of allylic oxidation sites excluding steroid dienone is 2. The summed E-state index contributed by atoms with van der Waals surface area (Å²) in [6, 6.07) is 0. The molecule has 0 heterocycles. The standard InChI is InChI=1S/C36H67NO6/c1-5-6-7-8-9-10-11-12-13-14-15-16-17-18-19-20-21-22-23-27-37(28-24-31(2)34(38)39,29-25-32(3)35(40)41)30-26-33(4)36(42)43/h15-16,31-33H,5-14,17-30H2,1-4H3,(H2-,38,39,40,41,42,43)/b16-15+. The zero-order valence-corrected chi connectivity index (χ0v) is 28.3. The molecule has 0 aromatic carbocycles. The number of unbranched alkanes of at least 4 members (excludes halogenated alkanes) is 15. The molecule has 0 radical (unpaired) electrons. The smallest absolute Gasteiger partial charge is 0.306 e. The minimum absolute atomic E-state index is 0.442. The lowest BCUT2D eigenvalue weighted by atomic mass is 10.0. The molecular weight excluding hydrogens is 542 g/mol. The highest BCUT2D eigenvalue weighted by Crippen LogP contribution is 2.22. The highest BCUT2D eigenvalue weighted by atomic mass is 16.4. The number of hydrogen-bond donors (Lipinski definition) is 2. The SMILES string of the molecule is CCCCCCCCCCC/C=C/CCCCCCCC[N+](CCC(C)C(=O)[O-])(CCC(C)C(=O)O)CCC(C)C(=O)O. The topological polar surface area (TPSA) is 115 Å². The Labute approximate surface area is 264 Å². The molecule has 0 aromatic heterocycles. The summed E-state index contributed by atoms with van der Waals surface area (Å²) >= 11 is 0. The first-order valence-electron chi connectivity index (χ1n) is 17.7. The summed E-state index contributed by atoms with van der Waals surface area (Å²) in [7, 11) is 0. The van der Waals surface area contributed by atoms with E-state index in [9.17, 15) is 29.7 Å². The van der Waals surface area contributed by atoms with Crippen molar-refractivity contribution in [2.45, 2.75) is 156 Å². The van der Waals surface area contributed by atoms with Crippen molar-refractivity contribution in [3.63, 3.8) is 0 Å². The van der Waals surface area contributed by atoms with Gasteiger partial charge < -0.3 is 24.6 Å². The summed E-state index contributed by atoms with van der Waals surface area (Å²) in [6.07, 6.45) is 27.6. The van der Waals surface area contributed by atoms with Crippen molar-refractivity contribution in [3.05, 3.63) is 12.2 Å². The fraction of sp³-hybridized carbons (Fsp3) is 0.861. The molecule has 0 aliphatic heterocycles. The van der Waals surface area contributed by atoms with E-state index in [1.54, 1.807) is 20.8 Å². The van der Waals surface area contributed by atoms with Crippen LogP contribution in [0.25, 0.3) is 0 Å². The zero-order chi connectivity index (χ0) is 32.3. The molecule has 0 rings (SSSR count). The number of carbonyl (C=O) groups is 3. The van der Waals surface area contributed by atoms with Crippen molar-refractivity contribution < 1.29 is 34.2 Å². The van der Waals surface area contributed by atoms with E-state index < -0.39 is 35.7 Å². The van der Waals surface area contributed by atoms with Gasteiger partial charge in [0.2, 0.25) is 0 Å². The van der Waals surface area contributed by atoms with Gasteiger partial charge in [-0.25, -0.2) is 0 Å². The molecule has 252 valence electrons. The molecule has 0 amide bonds. The van der Waals surface area contributed by atoms with Crippen molar-refractivity contribution in [2.75, 3.05) is 26.2 Å². The molecule has 0 spiro atoms. The predicted octanol–water partition coefficient (Wildman–Crippen LogP) is 8.01. The number of quaternary nitrogens is 1. The molecule has 3 unspecified atom stereocenters. The lowest BCUT2D eigenvalue weighted by Gasteiger charge is -2.41.